The van der Waals surface area contributed by atoms with Crippen LogP contribution in [0.5, 0.6) is 0 Å². The summed E-state index contributed by atoms with van der Waals surface area (Å²) in [5, 5.41) is 13.0. The van der Waals surface area contributed by atoms with Gasteiger partial charge in [0.2, 0.25) is 0 Å². The molecule has 0 amide bonds. The van der Waals surface area contributed by atoms with Gasteiger partial charge < -0.3 is 21.1 Å². The van der Waals surface area contributed by atoms with Crippen molar-refractivity contribution in [1.82, 2.24) is 4.90 Å². The molecule has 1 rings (SSSR count). The number of benzene rings is 1. The van der Waals surface area contributed by atoms with Crippen molar-refractivity contribution in [2.75, 3.05) is 38.2 Å². The van der Waals surface area contributed by atoms with Crippen LogP contribution in [0, 0.1) is 5.82 Å². The van der Waals surface area contributed by atoms with Crippen LogP contribution in [0.3, 0.4) is 0 Å². The molecule has 17 heavy (non-hydrogen) atoms. The predicted octanol–water partition coefficient (Wildman–Crippen LogP) is 1.13. The number of halogens is 1. The van der Waals surface area contributed by atoms with E-state index in [0.717, 1.165) is 0 Å². The van der Waals surface area contributed by atoms with E-state index >= 15 is 0 Å². The van der Waals surface area contributed by atoms with Crippen LogP contribution in [-0.4, -0.2) is 42.8 Å². The highest BCUT2D eigenvalue weighted by Crippen LogP contribution is 2.16. The molecule has 1 unspecified atom stereocenters. The fourth-order valence-electron chi connectivity index (χ4n) is 1.74. The lowest BCUT2D eigenvalue weighted by Crippen LogP contribution is -2.43. The lowest BCUT2D eigenvalue weighted by atomic mass is 10.1. The summed E-state index contributed by atoms with van der Waals surface area (Å²) in [5.74, 6) is -0.389. The molecule has 4 nitrogen and oxygen atoms in total. The Bertz CT molecular complexity index is 360. The van der Waals surface area contributed by atoms with E-state index in [-0.39, 0.29) is 5.82 Å². The largest absolute Gasteiger partial charge is 0.399 e. The van der Waals surface area contributed by atoms with E-state index < -0.39 is 5.60 Å². The lowest BCUT2D eigenvalue weighted by Gasteiger charge is -2.27. The minimum Gasteiger partial charge on any atom is -0.399 e. The van der Waals surface area contributed by atoms with Crippen LogP contribution >= 0.6 is 0 Å². The van der Waals surface area contributed by atoms with Crippen molar-refractivity contribution >= 4 is 11.4 Å². The highest BCUT2D eigenvalue weighted by Gasteiger charge is 2.20. The van der Waals surface area contributed by atoms with Gasteiger partial charge >= 0.3 is 0 Å². The molecular formula is C12H20FN3O. The Balaban J connectivity index is 2.60. The quantitative estimate of drug-likeness (QED) is 0.676. The van der Waals surface area contributed by atoms with Crippen LogP contribution in [0.4, 0.5) is 15.8 Å². The number of anilines is 2. The Kier molecular flexibility index (Phi) is 4.31. The molecule has 0 radical (unpaired) electrons. The van der Waals surface area contributed by atoms with Crippen LogP contribution < -0.4 is 11.1 Å². The van der Waals surface area contributed by atoms with Crippen molar-refractivity contribution in [2.45, 2.75) is 12.5 Å². The molecule has 0 heterocycles. The Labute approximate surface area is 101 Å². The molecule has 0 saturated carbocycles. The smallest absolute Gasteiger partial charge is 0.127 e. The minimum atomic E-state index is -0.884. The number of nitrogens with zero attached hydrogens (tertiary/aromatic N) is 1. The van der Waals surface area contributed by atoms with E-state index in [0.29, 0.717) is 24.5 Å². The van der Waals surface area contributed by atoms with Crippen molar-refractivity contribution in [1.29, 1.82) is 0 Å². The van der Waals surface area contributed by atoms with Gasteiger partial charge in [-0.1, -0.05) is 0 Å². The van der Waals surface area contributed by atoms with Crippen molar-refractivity contribution in [3.8, 4) is 0 Å². The van der Waals surface area contributed by atoms with Gasteiger partial charge in [-0.25, -0.2) is 4.39 Å². The molecular weight excluding hydrogens is 221 g/mol. The van der Waals surface area contributed by atoms with Gasteiger partial charge in [0.05, 0.1) is 5.60 Å². The number of hydrogen-bond donors (Lipinski definition) is 3. The highest BCUT2D eigenvalue weighted by molar-refractivity contribution is 5.54. The SMILES string of the molecule is CN(C)CC(C)(O)CNc1cc(N)cc(F)c1. The molecule has 0 aromatic heterocycles. The molecule has 0 fully saturated rings. The second kappa shape index (κ2) is 5.33. The number of aliphatic hydroxyl groups is 1. The second-order valence-electron chi connectivity index (χ2n) is 4.86. The number of rotatable bonds is 5. The number of hydrogen-bond acceptors (Lipinski definition) is 4. The fraction of sp³-hybridized carbons (Fsp3) is 0.500. The first kappa shape index (κ1) is 13.7. The summed E-state index contributed by atoms with van der Waals surface area (Å²) in [6.07, 6.45) is 0. The Hall–Kier alpha value is -1.33. The van der Waals surface area contributed by atoms with Crippen molar-refractivity contribution in [3.05, 3.63) is 24.0 Å². The first-order valence-electron chi connectivity index (χ1n) is 5.45. The molecule has 1 aromatic carbocycles. The molecule has 0 spiro atoms. The van der Waals surface area contributed by atoms with Crippen molar-refractivity contribution in [2.24, 2.45) is 0 Å². The average Bonchev–Trinajstić information content (AvgIpc) is 2.11. The third kappa shape index (κ3) is 5.01. The summed E-state index contributed by atoms with van der Waals surface area (Å²) < 4.78 is 13.1. The third-order valence-corrected chi connectivity index (χ3v) is 2.25. The predicted molar refractivity (Wildman–Crippen MR) is 68.5 cm³/mol. The van der Waals surface area contributed by atoms with E-state index in [1.807, 2.05) is 19.0 Å². The molecule has 5 heteroatoms. The Morgan fingerprint density at radius 1 is 1.41 bits per heavy atom. The van der Waals surface area contributed by atoms with Crippen LogP contribution in [-0.2, 0) is 0 Å². The maximum Gasteiger partial charge on any atom is 0.127 e. The van der Waals surface area contributed by atoms with E-state index in [1.54, 1.807) is 13.0 Å². The molecule has 0 aliphatic rings. The molecule has 0 saturated heterocycles. The topological polar surface area (TPSA) is 61.5 Å². The van der Waals surface area contributed by atoms with Crippen LogP contribution in [0.15, 0.2) is 18.2 Å². The average molecular weight is 241 g/mol. The zero-order chi connectivity index (χ0) is 13.1. The van der Waals surface area contributed by atoms with Gasteiger partial charge in [-0.3, -0.25) is 0 Å². The van der Waals surface area contributed by atoms with E-state index in [1.165, 1.54) is 12.1 Å². The van der Waals surface area contributed by atoms with Gasteiger partial charge in [-0.05, 0) is 39.2 Å². The maximum atomic E-state index is 13.1. The lowest BCUT2D eigenvalue weighted by molar-refractivity contribution is 0.0460. The summed E-state index contributed by atoms with van der Waals surface area (Å²) in [7, 11) is 3.77. The van der Waals surface area contributed by atoms with E-state index in [9.17, 15) is 9.50 Å². The van der Waals surface area contributed by atoms with Crippen molar-refractivity contribution in [3.63, 3.8) is 0 Å². The summed E-state index contributed by atoms with van der Waals surface area (Å²) in [6, 6.07) is 4.24. The fourth-order valence-corrected chi connectivity index (χ4v) is 1.74. The standard InChI is InChI=1S/C12H20FN3O/c1-12(17,8-16(2)3)7-15-11-5-9(13)4-10(14)6-11/h4-6,15,17H,7-8,14H2,1-3H3. The molecule has 1 aromatic rings. The van der Waals surface area contributed by atoms with Gasteiger partial charge in [0.25, 0.3) is 0 Å². The number of nitrogens with two attached hydrogens (primary N) is 1. The van der Waals surface area contributed by atoms with Gasteiger partial charge in [-0.2, -0.15) is 0 Å². The van der Waals surface area contributed by atoms with E-state index in [4.69, 9.17) is 5.73 Å². The van der Waals surface area contributed by atoms with E-state index in [2.05, 4.69) is 5.32 Å². The molecule has 0 bridgehead atoms. The Morgan fingerprint density at radius 3 is 2.59 bits per heavy atom. The van der Waals surface area contributed by atoms with Crippen LogP contribution in [0.1, 0.15) is 6.92 Å². The van der Waals surface area contributed by atoms with Gasteiger partial charge in [0.1, 0.15) is 5.82 Å². The monoisotopic (exact) mass is 241 g/mol. The normalized spacial score (nSPS) is 14.7. The summed E-state index contributed by atoms with van der Waals surface area (Å²) in [5.41, 5.74) is 5.58. The number of nitrogens with one attached hydrogen (secondary N) is 1. The molecule has 4 N–H and O–H groups in total. The summed E-state index contributed by atoms with van der Waals surface area (Å²) in [4.78, 5) is 1.89. The first-order valence-corrected chi connectivity index (χ1v) is 5.45. The third-order valence-electron chi connectivity index (χ3n) is 2.25. The zero-order valence-corrected chi connectivity index (χ0v) is 10.5. The zero-order valence-electron chi connectivity index (χ0n) is 10.5. The molecule has 1 atom stereocenters. The van der Waals surface area contributed by atoms with Crippen LogP contribution in [0.2, 0.25) is 0 Å². The molecule has 0 aliphatic heterocycles. The van der Waals surface area contributed by atoms with Crippen LogP contribution in [0.25, 0.3) is 0 Å². The summed E-state index contributed by atoms with van der Waals surface area (Å²) >= 11 is 0. The number of likely N-dealkylation sites (N-methyl/N-ethyl adjacent to an activating group) is 1. The van der Waals surface area contributed by atoms with Crippen molar-refractivity contribution < 1.29 is 9.50 Å². The number of nitrogen functional groups attached to an aromatic ring is 1. The Morgan fingerprint density at radius 2 is 2.06 bits per heavy atom. The van der Waals surface area contributed by atoms with Gasteiger partial charge in [-0.15, -0.1) is 0 Å². The second-order valence-corrected chi connectivity index (χ2v) is 4.86. The highest BCUT2D eigenvalue weighted by atomic mass is 19.1. The summed E-state index contributed by atoms with van der Waals surface area (Å²) in [6.45, 7) is 2.57. The maximum absolute atomic E-state index is 13.1. The van der Waals surface area contributed by atoms with Gasteiger partial charge in [0, 0.05) is 24.5 Å². The molecule has 96 valence electrons. The minimum absolute atomic E-state index is 0.327. The molecule has 0 aliphatic carbocycles. The first-order chi connectivity index (χ1) is 7.78. The van der Waals surface area contributed by atoms with Gasteiger partial charge in [0.15, 0.2) is 0 Å².